The van der Waals surface area contributed by atoms with Crippen LogP contribution in [0.3, 0.4) is 0 Å². The maximum absolute atomic E-state index is 5.13. The van der Waals surface area contributed by atoms with Crippen molar-refractivity contribution in [3.8, 4) is 0 Å². The molecule has 0 spiro atoms. The van der Waals surface area contributed by atoms with Gasteiger partial charge in [0.25, 0.3) is 0 Å². The molecule has 0 unspecified atom stereocenters. The summed E-state index contributed by atoms with van der Waals surface area (Å²) in [7, 11) is 0. The van der Waals surface area contributed by atoms with Crippen molar-refractivity contribution in [2.75, 3.05) is 0 Å². The molecule has 0 saturated heterocycles. The number of nitrogens with zero attached hydrogens (tertiary/aromatic N) is 2. The topological polar surface area (TPSA) is 43.2 Å². The van der Waals surface area contributed by atoms with Gasteiger partial charge < -0.3 is 0 Å². The van der Waals surface area contributed by atoms with Crippen molar-refractivity contribution in [2.24, 2.45) is 10.3 Å². The van der Waals surface area contributed by atoms with E-state index in [1.807, 2.05) is 0 Å². The molecule has 0 amide bonds. The average molecular weight is 217 g/mol. The molecule has 11 heavy (non-hydrogen) atoms. The number of hydrogen-bond acceptors (Lipinski definition) is 4. The fourth-order valence-electron chi connectivity index (χ4n) is 1.43. The predicted octanol–water partition coefficient (Wildman–Crippen LogP) is 0.185. The van der Waals surface area contributed by atoms with Gasteiger partial charge in [0.05, 0.1) is 0 Å². The molecular formula is C6H6N2O2Se. The standard InChI is InChI=1S/C6H6N2O2Se/c1-2-4-6-5(3-1)8-10-11(6)9-7-4/h1-3H2. The van der Waals surface area contributed by atoms with Crippen molar-refractivity contribution < 1.29 is 7.84 Å². The molecule has 0 N–H and O–H groups in total. The fourth-order valence-corrected chi connectivity index (χ4v) is 3.85. The minimum atomic E-state index is -1.48. The van der Waals surface area contributed by atoms with Crippen LogP contribution < -0.4 is 0 Å². The van der Waals surface area contributed by atoms with Crippen LogP contribution in [0.25, 0.3) is 0 Å². The van der Waals surface area contributed by atoms with E-state index in [2.05, 4.69) is 10.3 Å². The molecule has 2 heterocycles. The van der Waals surface area contributed by atoms with Crippen molar-refractivity contribution >= 4 is 30.0 Å². The van der Waals surface area contributed by atoms with E-state index in [9.17, 15) is 0 Å². The summed E-state index contributed by atoms with van der Waals surface area (Å²) in [6, 6.07) is 0. The first kappa shape index (κ1) is 5.91. The van der Waals surface area contributed by atoms with E-state index < -0.39 is 14.1 Å². The Hall–Kier alpha value is -0.671. The van der Waals surface area contributed by atoms with Crippen LogP contribution >= 0.6 is 0 Å². The Morgan fingerprint density at radius 1 is 1.09 bits per heavy atom. The quantitative estimate of drug-likeness (QED) is 0.543. The Kier molecular flexibility index (Phi) is 1.04. The summed E-state index contributed by atoms with van der Waals surface area (Å²) in [5.41, 5.74) is 2.19. The molecule has 0 bridgehead atoms. The van der Waals surface area contributed by atoms with Crippen LogP contribution in [0, 0.1) is 0 Å². The van der Waals surface area contributed by atoms with Crippen molar-refractivity contribution in [1.82, 2.24) is 0 Å². The van der Waals surface area contributed by atoms with Gasteiger partial charge in [-0.25, -0.2) is 0 Å². The van der Waals surface area contributed by atoms with Crippen LogP contribution in [0.1, 0.15) is 19.3 Å². The van der Waals surface area contributed by atoms with Crippen LogP contribution in [0.4, 0.5) is 0 Å². The monoisotopic (exact) mass is 218 g/mol. The van der Waals surface area contributed by atoms with Gasteiger partial charge in [-0.05, 0) is 0 Å². The molecular weight excluding hydrogens is 211 g/mol. The first-order chi connectivity index (χ1) is 5.45. The number of oxime groups is 2. The van der Waals surface area contributed by atoms with Crippen molar-refractivity contribution in [3.05, 3.63) is 0 Å². The van der Waals surface area contributed by atoms with E-state index in [0.29, 0.717) is 0 Å². The van der Waals surface area contributed by atoms with E-state index >= 15 is 0 Å². The summed E-state index contributed by atoms with van der Waals surface area (Å²) in [4.78, 5) is 0. The first-order valence-corrected chi connectivity index (χ1v) is 5.81. The predicted molar refractivity (Wildman–Crippen MR) is 41.7 cm³/mol. The third kappa shape index (κ3) is 0.671. The summed E-state index contributed by atoms with van der Waals surface area (Å²) in [6.45, 7) is 0. The van der Waals surface area contributed by atoms with Crippen molar-refractivity contribution in [2.45, 2.75) is 19.3 Å². The van der Waals surface area contributed by atoms with Gasteiger partial charge >= 0.3 is 67.4 Å². The molecule has 1 saturated carbocycles. The van der Waals surface area contributed by atoms with Gasteiger partial charge in [0.1, 0.15) is 0 Å². The normalized spacial score (nSPS) is 27.1. The third-order valence-electron chi connectivity index (χ3n) is 1.95. The van der Waals surface area contributed by atoms with Gasteiger partial charge in [0.15, 0.2) is 0 Å². The fraction of sp³-hybridized carbons (Fsp3) is 0.500. The zero-order valence-corrected chi connectivity index (χ0v) is 7.45. The average Bonchev–Trinajstić information content (AvgIpc) is 2.60. The summed E-state index contributed by atoms with van der Waals surface area (Å²) in [6.07, 6.45) is 3.21. The third-order valence-corrected chi connectivity index (χ3v) is 4.52. The van der Waals surface area contributed by atoms with E-state index in [1.54, 1.807) is 0 Å². The van der Waals surface area contributed by atoms with E-state index in [0.717, 1.165) is 30.7 Å². The van der Waals surface area contributed by atoms with Crippen LogP contribution in [0.15, 0.2) is 10.3 Å². The molecule has 58 valence electrons. The SMILES string of the molecule is C1CC2=NO[Se]3=C2C(=NO3)C1. The molecule has 0 atom stereocenters. The molecule has 4 nitrogen and oxygen atoms in total. The van der Waals surface area contributed by atoms with Gasteiger partial charge in [-0.15, -0.1) is 0 Å². The van der Waals surface area contributed by atoms with Crippen molar-refractivity contribution in [3.63, 3.8) is 0 Å². The van der Waals surface area contributed by atoms with E-state index in [1.165, 1.54) is 4.42 Å². The summed E-state index contributed by atoms with van der Waals surface area (Å²) in [5.74, 6) is 0. The molecule has 1 fully saturated rings. The van der Waals surface area contributed by atoms with Gasteiger partial charge in [-0.1, -0.05) is 0 Å². The van der Waals surface area contributed by atoms with Gasteiger partial charge in [-0.3, -0.25) is 0 Å². The summed E-state index contributed by atoms with van der Waals surface area (Å²) >= 11 is -1.48. The van der Waals surface area contributed by atoms with Crippen LogP contribution in [0.2, 0.25) is 0 Å². The molecule has 0 aromatic rings. The second kappa shape index (κ2) is 1.93. The molecule has 1 aliphatic carbocycles. The number of hydrogen-bond donors (Lipinski definition) is 0. The van der Waals surface area contributed by atoms with Gasteiger partial charge in [-0.2, -0.15) is 0 Å². The second-order valence-electron chi connectivity index (χ2n) is 2.64. The number of rotatable bonds is 0. The van der Waals surface area contributed by atoms with Crippen LogP contribution in [-0.2, 0) is 7.84 Å². The van der Waals surface area contributed by atoms with Crippen LogP contribution in [0.5, 0.6) is 0 Å². The summed E-state index contributed by atoms with van der Waals surface area (Å²) < 4.78 is 11.5. The minimum absolute atomic E-state index is 1.04. The Bertz CT molecular complexity index is 291. The summed E-state index contributed by atoms with van der Waals surface area (Å²) in [5, 5.41) is 7.94. The molecule has 0 aromatic carbocycles. The maximum atomic E-state index is 5.13. The Labute approximate surface area is 67.9 Å². The molecule has 2 aliphatic heterocycles. The Morgan fingerprint density at radius 2 is 1.73 bits per heavy atom. The van der Waals surface area contributed by atoms with Crippen molar-refractivity contribution in [1.29, 1.82) is 0 Å². The zero-order chi connectivity index (χ0) is 7.26. The molecule has 3 aliphatic rings. The van der Waals surface area contributed by atoms with E-state index in [-0.39, 0.29) is 0 Å². The molecule has 5 heteroatoms. The van der Waals surface area contributed by atoms with Crippen LogP contribution in [-0.4, -0.2) is 30.0 Å². The zero-order valence-electron chi connectivity index (χ0n) is 5.74. The van der Waals surface area contributed by atoms with Gasteiger partial charge in [0, 0.05) is 0 Å². The Balaban J connectivity index is 2.16. The molecule has 0 aromatic heterocycles. The first-order valence-electron chi connectivity index (χ1n) is 3.56. The second-order valence-corrected chi connectivity index (χ2v) is 5.11. The molecule has 0 radical (unpaired) electrons. The van der Waals surface area contributed by atoms with E-state index in [4.69, 9.17) is 7.84 Å². The van der Waals surface area contributed by atoms with Gasteiger partial charge in [0.2, 0.25) is 0 Å². The molecule has 3 rings (SSSR count). The Morgan fingerprint density at radius 3 is 2.36 bits per heavy atom.